The van der Waals surface area contributed by atoms with E-state index in [-0.39, 0.29) is 43.0 Å². The molecule has 1 aliphatic heterocycles. The normalized spacial score (nSPS) is 14.7. The minimum Gasteiger partial charge on any atom is -0.497 e. The van der Waals surface area contributed by atoms with Gasteiger partial charge in [0.15, 0.2) is 0 Å². The third kappa shape index (κ3) is 4.43. The number of fused-ring (bicyclic) bond motifs is 1. The van der Waals surface area contributed by atoms with E-state index in [4.69, 9.17) is 4.74 Å². The monoisotopic (exact) mass is 416 g/mol. The molecule has 0 radical (unpaired) electrons. The summed E-state index contributed by atoms with van der Waals surface area (Å²) in [6, 6.07) is 19.0. The summed E-state index contributed by atoms with van der Waals surface area (Å²) in [5.74, 6) is 0.0968. The second-order valence-corrected chi connectivity index (χ2v) is 7.75. The van der Waals surface area contributed by atoms with Gasteiger partial charge in [0.25, 0.3) is 0 Å². The van der Waals surface area contributed by atoms with Crippen LogP contribution in [-0.2, 0) is 20.9 Å². The molecule has 3 amide bonds. The van der Waals surface area contributed by atoms with Gasteiger partial charge in [-0.1, -0.05) is 36.4 Å². The van der Waals surface area contributed by atoms with Crippen LogP contribution < -0.4 is 10.1 Å². The Morgan fingerprint density at radius 1 is 0.968 bits per heavy atom. The number of amides is 3. The lowest BCUT2D eigenvalue weighted by Gasteiger charge is -2.15. The third-order valence-electron chi connectivity index (χ3n) is 5.68. The number of hydrogen-bond acceptors (Lipinski definition) is 4. The topological polar surface area (TPSA) is 75.7 Å². The molecule has 1 atom stereocenters. The maximum atomic E-state index is 12.8. The van der Waals surface area contributed by atoms with Crippen LogP contribution in [0.4, 0.5) is 5.69 Å². The molecule has 6 nitrogen and oxygen atoms in total. The molecule has 3 aromatic rings. The van der Waals surface area contributed by atoms with E-state index in [9.17, 15) is 14.4 Å². The zero-order chi connectivity index (χ0) is 22.0. The van der Waals surface area contributed by atoms with Crippen molar-refractivity contribution in [2.75, 3.05) is 12.4 Å². The lowest BCUT2D eigenvalue weighted by Crippen LogP contribution is -2.28. The summed E-state index contributed by atoms with van der Waals surface area (Å²) in [5, 5.41) is 5.04. The fraction of sp³-hybridized carbons (Fsp3) is 0.240. The van der Waals surface area contributed by atoms with Crippen LogP contribution in [0, 0.1) is 0 Å². The fourth-order valence-corrected chi connectivity index (χ4v) is 3.72. The van der Waals surface area contributed by atoms with Crippen molar-refractivity contribution in [1.29, 1.82) is 0 Å². The second kappa shape index (κ2) is 8.60. The molecule has 1 aliphatic rings. The van der Waals surface area contributed by atoms with E-state index < -0.39 is 0 Å². The molecular formula is C25H24N2O4. The van der Waals surface area contributed by atoms with Crippen molar-refractivity contribution in [3.63, 3.8) is 0 Å². The molecule has 1 fully saturated rings. The molecule has 31 heavy (non-hydrogen) atoms. The van der Waals surface area contributed by atoms with E-state index in [1.165, 1.54) is 4.90 Å². The van der Waals surface area contributed by atoms with Crippen LogP contribution in [0.15, 0.2) is 60.7 Å². The molecule has 1 heterocycles. The molecule has 1 saturated heterocycles. The number of nitrogens with zero attached hydrogens (tertiary/aromatic N) is 1. The van der Waals surface area contributed by atoms with Crippen molar-refractivity contribution in [3.8, 4) is 5.75 Å². The van der Waals surface area contributed by atoms with Gasteiger partial charge in [0, 0.05) is 18.5 Å². The Bertz CT molecular complexity index is 1140. The summed E-state index contributed by atoms with van der Waals surface area (Å²) in [4.78, 5) is 37.6. The maximum Gasteiger partial charge on any atom is 0.231 e. The van der Waals surface area contributed by atoms with Crippen LogP contribution in [-0.4, -0.2) is 29.7 Å². The van der Waals surface area contributed by atoms with Crippen molar-refractivity contribution < 1.29 is 19.1 Å². The number of nitrogens with one attached hydrogen (secondary N) is 1. The fourth-order valence-electron chi connectivity index (χ4n) is 3.72. The molecule has 0 spiro atoms. The predicted molar refractivity (Wildman–Crippen MR) is 119 cm³/mol. The largest absolute Gasteiger partial charge is 0.497 e. The average molecular weight is 416 g/mol. The molecule has 1 N–H and O–H groups in total. The Morgan fingerprint density at radius 2 is 1.61 bits per heavy atom. The molecule has 4 rings (SSSR count). The smallest absolute Gasteiger partial charge is 0.231 e. The Balaban J connectivity index is 1.42. The highest BCUT2D eigenvalue weighted by Crippen LogP contribution is 2.26. The van der Waals surface area contributed by atoms with E-state index in [2.05, 4.69) is 5.32 Å². The number of rotatable bonds is 6. The van der Waals surface area contributed by atoms with Gasteiger partial charge < -0.3 is 10.1 Å². The quantitative estimate of drug-likeness (QED) is 0.610. The number of anilines is 1. The van der Waals surface area contributed by atoms with Crippen LogP contribution >= 0.6 is 0 Å². The van der Waals surface area contributed by atoms with Crippen LogP contribution in [0.2, 0.25) is 0 Å². The first-order valence-corrected chi connectivity index (χ1v) is 10.3. The van der Waals surface area contributed by atoms with Crippen LogP contribution in [0.5, 0.6) is 5.75 Å². The minimum absolute atomic E-state index is 0.106. The number of ether oxygens (including phenoxy) is 1. The molecule has 1 unspecified atom stereocenters. The number of imide groups is 1. The lowest BCUT2D eigenvalue weighted by molar-refractivity contribution is -0.139. The molecule has 0 saturated carbocycles. The standard InChI is InChI=1S/C25H24N2O4/c1-16(18-5-6-20-14-22(31-2)10-7-19(20)13-18)25(30)26-21-8-3-17(4-9-21)15-27-23(28)11-12-24(27)29/h3-10,13-14,16H,11-12,15H2,1-2H3,(H,26,30). The van der Waals surface area contributed by atoms with Gasteiger partial charge in [-0.15, -0.1) is 0 Å². The zero-order valence-electron chi connectivity index (χ0n) is 17.6. The number of likely N-dealkylation sites (tertiary alicyclic amines) is 1. The van der Waals surface area contributed by atoms with Gasteiger partial charge in [0.2, 0.25) is 17.7 Å². The molecular weight excluding hydrogens is 392 g/mol. The summed E-state index contributed by atoms with van der Waals surface area (Å²) in [7, 11) is 1.64. The zero-order valence-corrected chi connectivity index (χ0v) is 17.6. The summed E-state index contributed by atoms with van der Waals surface area (Å²) in [5.41, 5.74) is 2.45. The molecule has 158 valence electrons. The SMILES string of the molecule is COc1ccc2cc(C(C)C(=O)Nc3ccc(CN4C(=O)CCC4=O)cc3)ccc2c1. The van der Waals surface area contributed by atoms with Gasteiger partial charge in [-0.3, -0.25) is 19.3 Å². The maximum absolute atomic E-state index is 12.8. The van der Waals surface area contributed by atoms with E-state index in [1.54, 1.807) is 19.2 Å². The third-order valence-corrected chi connectivity index (χ3v) is 5.68. The van der Waals surface area contributed by atoms with Crippen molar-refractivity contribution >= 4 is 34.2 Å². The van der Waals surface area contributed by atoms with Gasteiger partial charge >= 0.3 is 0 Å². The lowest BCUT2D eigenvalue weighted by atomic mass is 9.97. The number of carbonyl (C=O) groups is 3. The predicted octanol–water partition coefficient (Wildman–Crippen LogP) is 4.24. The molecule has 0 bridgehead atoms. The highest BCUT2D eigenvalue weighted by molar-refractivity contribution is 6.02. The van der Waals surface area contributed by atoms with Crippen LogP contribution in [0.3, 0.4) is 0 Å². The van der Waals surface area contributed by atoms with Crippen molar-refractivity contribution in [2.24, 2.45) is 0 Å². The number of methoxy groups -OCH3 is 1. The minimum atomic E-state index is -0.328. The van der Waals surface area contributed by atoms with Crippen LogP contribution in [0.25, 0.3) is 10.8 Å². The van der Waals surface area contributed by atoms with Gasteiger partial charge in [0.05, 0.1) is 19.6 Å². The van der Waals surface area contributed by atoms with Gasteiger partial charge in [-0.25, -0.2) is 0 Å². The first-order valence-electron chi connectivity index (χ1n) is 10.3. The van der Waals surface area contributed by atoms with Gasteiger partial charge in [-0.05, 0) is 53.1 Å². The molecule has 3 aromatic carbocycles. The average Bonchev–Trinajstić information content (AvgIpc) is 3.11. The van der Waals surface area contributed by atoms with E-state index >= 15 is 0 Å². The summed E-state index contributed by atoms with van der Waals surface area (Å²) in [6.45, 7) is 2.14. The number of carbonyl (C=O) groups excluding carboxylic acids is 3. The summed E-state index contributed by atoms with van der Waals surface area (Å²) < 4.78 is 5.26. The molecule has 0 aromatic heterocycles. The highest BCUT2D eigenvalue weighted by atomic mass is 16.5. The summed E-state index contributed by atoms with van der Waals surface area (Å²) >= 11 is 0. The van der Waals surface area contributed by atoms with Crippen molar-refractivity contribution in [2.45, 2.75) is 32.2 Å². The van der Waals surface area contributed by atoms with E-state index in [1.807, 2.05) is 55.5 Å². The number of hydrogen-bond donors (Lipinski definition) is 1. The molecule has 0 aliphatic carbocycles. The van der Waals surface area contributed by atoms with Gasteiger partial charge in [0.1, 0.15) is 5.75 Å². The molecule has 6 heteroatoms. The Hall–Kier alpha value is -3.67. The summed E-state index contributed by atoms with van der Waals surface area (Å²) in [6.07, 6.45) is 0.570. The first-order chi connectivity index (χ1) is 14.9. The Morgan fingerprint density at radius 3 is 2.29 bits per heavy atom. The van der Waals surface area contributed by atoms with Gasteiger partial charge in [-0.2, -0.15) is 0 Å². The number of benzene rings is 3. The first kappa shape index (κ1) is 20.6. The van der Waals surface area contributed by atoms with Crippen molar-refractivity contribution in [1.82, 2.24) is 4.90 Å². The van der Waals surface area contributed by atoms with Crippen LogP contribution in [0.1, 0.15) is 36.8 Å². The second-order valence-electron chi connectivity index (χ2n) is 7.75. The van der Waals surface area contributed by atoms with Crippen molar-refractivity contribution in [3.05, 3.63) is 71.8 Å². The Kier molecular flexibility index (Phi) is 5.71. The van der Waals surface area contributed by atoms with E-state index in [0.29, 0.717) is 5.69 Å². The highest BCUT2D eigenvalue weighted by Gasteiger charge is 2.28. The Labute approximate surface area is 180 Å². The van der Waals surface area contributed by atoms with E-state index in [0.717, 1.165) is 27.6 Å².